The predicted molar refractivity (Wildman–Crippen MR) is 251 cm³/mol. The van der Waals surface area contributed by atoms with Gasteiger partial charge < -0.3 is 35.2 Å². The number of piperazine rings is 1. The number of anilines is 4. The zero-order chi connectivity index (χ0) is 47.1. The van der Waals surface area contributed by atoms with Gasteiger partial charge in [-0.05, 0) is 136 Å². The number of methoxy groups -OCH3 is 1. The summed E-state index contributed by atoms with van der Waals surface area (Å²) in [6, 6.07) is 19.9. The molecule has 10 rings (SSSR count). The molecule has 3 N–H and O–H groups in total. The van der Waals surface area contributed by atoms with Crippen LogP contribution in [0.15, 0.2) is 85.1 Å². The standard InChI is InChI=1S/C51H52F2N8O7/c1-67-45-29-38-40(54-19-12-44(38)68-35-10-8-34(9-11-35)57-50(66)51(16-17-51)49(65)56-33-6-4-32(52)5-7-33)30-43(45)59-21-14-31(15-22-59)13-20-58-23-25-60(26-24-58)42-28-37-36(27-39(42)53)47(63)61(48(37)64)41-3-2-18-55-46(41)62/h4-12,19,27-31,41H,2-3,13-18,20-26H2,1H3,(H,55,62)(H,56,65)(H,57,66). The number of amides is 5. The SMILES string of the molecule is COc1cc2c(Oc3ccc(NC(=O)C4(C(=O)Nc5ccc(F)cc5)CC4)cc3)ccnc2cc1N1CCC(CCN2CCN(c3cc4c(cc3F)C(=O)N(C3CCCNC3=O)C4=O)CC2)CC1. The van der Waals surface area contributed by atoms with Crippen LogP contribution in [0.25, 0.3) is 10.9 Å². The molecular weight excluding hydrogens is 875 g/mol. The average molecular weight is 927 g/mol. The number of carbonyl (C=O) groups excluding carboxylic acids is 5. The lowest BCUT2D eigenvalue weighted by atomic mass is 9.92. The van der Waals surface area contributed by atoms with Gasteiger partial charge in [-0.1, -0.05) is 0 Å². The smallest absolute Gasteiger partial charge is 0.262 e. The van der Waals surface area contributed by atoms with E-state index in [0.717, 1.165) is 79.5 Å². The van der Waals surface area contributed by atoms with Crippen molar-refractivity contribution in [2.45, 2.75) is 51.0 Å². The molecule has 0 radical (unpaired) electrons. The number of hydrogen-bond donors (Lipinski definition) is 3. The van der Waals surface area contributed by atoms with Crippen LogP contribution in [0.1, 0.15) is 65.7 Å². The van der Waals surface area contributed by atoms with Gasteiger partial charge in [-0.25, -0.2) is 8.78 Å². The predicted octanol–water partition coefficient (Wildman–Crippen LogP) is 6.97. The number of piperidine rings is 2. The number of nitrogens with one attached hydrogen (secondary N) is 3. The minimum atomic E-state index is -1.18. The van der Waals surface area contributed by atoms with E-state index in [-0.39, 0.29) is 17.0 Å². The Morgan fingerprint density at radius 1 is 0.765 bits per heavy atom. The first-order valence-corrected chi connectivity index (χ1v) is 23.3. The van der Waals surface area contributed by atoms with E-state index in [2.05, 4.69) is 30.7 Å². The number of rotatable bonds is 13. The molecule has 17 heteroatoms. The van der Waals surface area contributed by atoms with E-state index in [4.69, 9.17) is 9.47 Å². The number of imide groups is 1. The van der Waals surface area contributed by atoms with Crippen molar-refractivity contribution in [2.24, 2.45) is 11.3 Å². The van der Waals surface area contributed by atoms with Crippen molar-refractivity contribution in [3.05, 3.63) is 108 Å². The third kappa shape index (κ3) is 8.77. The van der Waals surface area contributed by atoms with Crippen molar-refractivity contribution in [1.82, 2.24) is 20.1 Å². The lowest BCUT2D eigenvalue weighted by molar-refractivity contribution is -0.131. The summed E-state index contributed by atoms with van der Waals surface area (Å²) in [5.41, 5.74) is 1.96. The maximum atomic E-state index is 15.5. The summed E-state index contributed by atoms with van der Waals surface area (Å²) >= 11 is 0. The summed E-state index contributed by atoms with van der Waals surface area (Å²) < 4.78 is 41.1. The van der Waals surface area contributed by atoms with Crippen LogP contribution in [0.4, 0.5) is 31.5 Å². The molecule has 1 aromatic heterocycles. The lowest BCUT2D eigenvalue weighted by Gasteiger charge is -2.38. The molecule has 1 saturated carbocycles. The lowest BCUT2D eigenvalue weighted by Crippen LogP contribution is -2.52. The summed E-state index contributed by atoms with van der Waals surface area (Å²) in [6.07, 6.45) is 6.68. The summed E-state index contributed by atoms with van der Waals surface area (Å²) in [6.45, 7) is 5.83. The molecule has 0 bridgehead atoms. The van der Waals surface area contributed by atoms with Gasteiger partial charge in [-0.15, -0.1) is 0 Å². The minimum absolute atomic E-state index is 0.0136. The maximum Gasteiger partial charge on any atom is 0.262 e. The van der Waals surface area contributed by atoms with E-state index < -0.39 is 46.7 Å². The molecule has 1 atom stereocenters. The Hall–Kier alpha value is -7.14. The highest BCUT2D eigenvalue weighted by molar-refractivity contribution is 6.23. The quantitative estimate of drug-likeness (QED) is 0.0825. The summed E-state index contributed by atoms with van der Waals surface area (Å²) in [5.74, 6) is -0.908. The van der Waals surface area contributed by atoms with E-state index in [1.165, 1.54) is 30.3 Å². The third-order valence-electron chi connectivity index (χ3n) is 14.1. The van der Waals surface area contributed by atoms with Crippen LogP contribution in [0.2, 0.25) is 0 Å². The molecule has 4 aliphatic heterocycles. The Balaban J connectivity index is 0.706. The van der Waals surface area contributed by atoms with Crippen molar-refractivity contribution >= 4 is 63.2 Å². The van der Waals surface area contributed by atoms with Gasteiger partial charge in [0.1, 0.15) is 40.3 Å². The Bertz CT molecular complexity index is 2790. The van der Waals surface area contributed by atoms with E-state index >= 15 is 4.39 Å². The highest BCUT2D eigenvalue weighted by Crippen LogP contribution is 2.48. The first kappa shape index (κ1) is 44.7. The second kappa shape index (κ2) is 18.5. The van der Waals surface area contributed by atoms with E-state index in [1.54, 1.807) is 43.6 Å². The van der Waals surface area contributed by atoms with Gasteiger partial charge in [0.15, 0.2) is 0 Å². The number of halogens is 2. The molecule has 0 spiro atoms. The number of aromatic nitrogens is 1. The summed E-state index contributed by atoms with van der Waals surface area (Å²) in [7, 11) is 1.66. The fourth-order valence-electron chi connectivity index (χ4n) is 9.92. The summed E-state index contributed by atoms with van der Waals surface area (Å²) in [5, 5.41) is 9.08. The van der Waals surface area contributed by atoms with Crippen LogP contribution in [0.3, 0.4) is 0 Å². The van der Waals surface area contributed by atoms with Crippen molar-refractivity contribution in [3.8, 4) is 17.2 Å². The molecule has 1 unspecified atom stereocenters. The molecule has 3 saturated heterocycles. The molecule has 5 heterocycles. The fraction of sp³-hybridized carbons (Fsp3) is 0.373. The second-order valence-corrected chi connectivity index (χ2v) is 18.3. The molecule has 68 heavy (non-hydrogen) atoms. The van der Waals surface area contributed by atoms with Crippen molar-refractivity contribution < 1.29 is 42.2 Å². The molecule has 5 aliphatic rings. The highest BCUT2D eigenvalue weighted by Gasteiger charge is 2.56. The van der Waals surface area contributed by atoms with Crippen molar-refractivity contribution in [3.63, 3.8) is 0 Å². The molecule has 4 aromatic carbocycles. The monoisotopic (exact) mass is 926 g/mol. The Kier molecular flexibility index (Phi) is 12.2. The van der Waals surface area contributed by atoms with Gasteiger partial charge in [-0.2, -0.15) is 0 Å². The van der Waals surface area contributed by atoms with E-state index in [1.807, 2.05) is 17.0 Å². The number of fused-ring (bicyclic) bond motifs is 2. The molecular formula is C51H52F2N8O7. The third-order valence-corrected chi connectivity index (χ3v) is 14.1. The van der Waals surface area contributed by atoms with Crippen molar-refractivity contribution in [1.29, 1.82) is 0 Å². The number of ether oxygens (including phenoxy) is 2. The summed E-state index contributed by atoms with van der Waals surface area (Å²) in [4.78, 5) is 77.6. The van der Waals surface area contributed by atoms with Crippen LogP contribution in [-0.2, 0) is 14.4 Å². The second-order valence-electron chi connectivity index (χ2n) is 18.3. The first-order chi connectivity index (χ1) is 33.0. The average Bonchev–Trinajstić information content (AvgIpc) is 4.14. The molecule has 1 aliphatic carbocycles. The van der Waals surface area contributed by atoms with Crippen molar-refractivity contribution in [2.75, 3.05) is 79.9 Å². The number of benzene rings is 4. The van der Waals surface area contributed by atoms with Gasteiger partial charge in [0.05, 0.1) is 35.1 Å². The number of pyridine rings is 1. The van der Waals surface area contributed by atoms with Crippen LogP contribution in [-0.4, -0.2) is 110 Å². The Morgan fingerprint density at radius 2 is 1.41 bits per heavy atom. The molecule has 4 fully saturated rings. The first-order valence-electron chi connectivity index (χ1n) is 23.3. The van der Waals surface area contributed by atoms with Crippen LogP contribution in [0, 0.1) is 23.0 Å². The molecule has 5 amide bonds. The van der Waals surface area contributed by atoms with Crippen LogP contribution < -0.4 is 35.2 Å². The van der Waals surface area contributed by atoms with Crippen LogP contribution in [0.5, 0.6) is 17.2 Å². The Labute approximate surface area is 391 Å². The van der Waals surface area contributed by atoms with Gasteiger partial charge in [0.2, 0.25) is 17.7 Å². The topological polar surface area (TPSA) is 166 Å². The van der Waals surface area contributed by atoms with Gasteiger partial charge in [0.25, 0.3) is 11.8 Å². The van der Waals surface area contributed by atoms with Crippen LogP contribution >= 0.6 is 0 Å². The van der Waals surface area contributed by atoms with Gasteiger partial charge >= 0.3 is 0 Å². The largest absolute Gasteiger partial charge is 0.495 e. The number of hydrogen-bond acceptors (Lipinski definition) is 11. The molecule has 352 valence electrons. The van der Waals surface area contributed by atoms with Gasteiger partial charge in [-0.3, -0.25) is 38.8 Å². The minimum Gasteiger partial charge on any atom is -0.495 e. The highest BCUT2D eigenvalue weighted by atomic mass is 19.1. The molecule has 15 nitrogen and oxygen atoms in total. The number of carbonyl (C=O) groups is 5. The molecule has 5 aromatic rings. The zero-order valence-electron chi connectivity index (χ0n) is 37.7. The normalized spacial score (nSPS) is 19.4. The Morgan fingerprint density at radius 3 is 2.06 bits per heavy atom. The zero-order valence-corrected chi connectivity index (χ0v) is 37.7. The van der Waals surface area contributed by atoms with Gasteiger partial charge in [0, 0.05) is 68.8 Å². The van der Waals surface area contributed by atoms with E-state index in [9.17, 15) is 28.4 Å². The fourth-order valence-corrected chi connectivity index (χ4v) is 9.92. The van der Waals surface area contributed by atoms with E-state index in [0.29, 0.717) is 85.5 Å². The maximum absolute atomic E-state index is 15.5. The number of nitrogens with zero attached hydrogens (tertiary/aromatic N) is 5.